The molecular formula is C25H26N6OS. The number of anilines is 2. The molecule has 1 amide bonds. The van der Waals surface area contributed by atoms with Gasteiger partial charge in [0.2, 0.25) is 5.91 Å². The quantitative estimate of drug-likeness (QED) is 0.400. The van der Waals surface area contributed by atoms with E-state index in [9.17, 15) is 4.79 Å². The van der Waals surface area contributed by atoms with Crippen molar-refractivity contribution in [1.82, 2.24) is 19.7 Å². The van der Waals surface area contributed by atoms with E-state index in [1.165, 1.54) is 11.8 Å². The maximum Gasteiger partial charge on any atom is 0.237 e. The second-order valence-corrected chi connectivity index (χ2v) is 9.16. The van der Waals surface area contributed by atoms with Crippen molar-refractivity contribution in [3.05, 3.63) is 78.6 Å². The van der Waals surface area contributed by atoms with E-state index in [2.05, 4.69) is 20.5 Å². The van der Waals surface area contributed by atoms with Crippen LogP contribution in [0.4, 0.5) is 11.4 Å². The Balaban J connectivity index is 1.60. The molecule has 0 saturated heterocycles. The largest absolute Gasteiger partial charge is 0.378 e. The molecular weight excluding hydrogens is 432 g/mol. The third-order valence-corrected chi connectivity index (χ3v) is 6.27. The fourth-order valence-corrected chi connectivity index (χ4v) is 4.22. The molecule has 33 heavy (non-hydrogen) atoms. The first-order valence-corrected chi connectivity index (χ1v) is 11.5. The van der Waals surface area contributed by atoms with Gasteiger partial charge in [-0.2, -0.15) is 0 Å². The molecule has 2 aromatic carbocycles. The van der Waals surface area contributed by atoms with Gasteiger partial charge in [0.15, 0.2) is 11.0 Å². The molecule has 0 saturated carbocycles. The molecule has 0 aliphatic carbocycles. The highest BCUT2D eigenvalue weighted by Crippen LogP contribution is 2.31. The number of thioether (sulfide) groups is 1. The Kier molecular flexibility index (Phi) is 6.74. The number of amides is 1. The van der Waals surface area contributed by atoms with Crippen LogP contribution in [0.1, 0.15) is 12.5 Å². The molecule has 1 N–H and O–H groups in total. The van der Waals surface area contributed by atoms with Crippen LogP contribution < -0.4 is 10.2 Å². The van der Waals surface area contributed by atoms with Gasteiger partial charge in [-0.1, -0.05) is 30.0 Å². The Labute approximate surface area is 197 Å². The number of aryl methyl sites for hydroxylation is 1. The van der Waals surface area contributed by atoms with E-state index in [0.717, 1.165) is 28.2 Å². The summed E-state index contributed by atoms with van der Waals surface area (Å²) in [6, 6.07) is 19.6. The molecule has 0 bridgehead atoms. The van der Waals surface area contributed by atoms with Crippen LogP contribution in [0.3, 0.4) is 0 Å². The molecule has 0 aliphatic rings. The number of aromatic nitrogens is 4. The van der Waals surface area contributed by atoms with Crippen LogP contribution >= 0.6 is 11.8 Å². The van der Waals surface area contributed by atoms with Gasteiger partial charge < -0.3 is 10.2 Å². The maximum absolute atomic E-state index is 12.9. The van der Waals surface area contributed by atoms with Gasteiger partial charge >= 0.3 is 0 Å². The zero-order chi connectivity index (χ0) is 23.4. The Morgan fingerprint density at radius 3 is 2.36 bits per heavy atom. The topological polar surface area (TPSA) is 75.9 Å². The Morgan fingerprint density at radius 2 is 1.70 bits per heavy atom. The number of para-hydroxylation sites is 1. The molecule has 1 unspecified atom stereocenters. The van der Waals surface area contributed by atoms with Crippen molar-refractivity contribution < 1.29 is 4.79 Å². The standard InChI is InChI=1S/C25H26N6OS/c1-17-7-5-6-8-22(17)31-23(19-13-15-26-16-14-19)28-29-25(31)33-18(2)24(32)27-20-9-11-21(12-10-20)30(3)4/h5-16,18H,1-4H3,(H,27,32). The van der Waals surface area contributed by atoms with Crippen molar-refractivity contribution in [2.24, 2.45) is 0 Å². The van der Waals surface area contributed by atoms with Gasteiger partial charge in [0.25, 0.3) is 0 Å². The lowest BCUT2D eigenvalue weighted by molar-refractivity contribution is -0.115. The lowest BCUT2D eigenvalue weighted by Gasteiger charge is -2.16. The van der Waals surface area contributed by atoms with Gasteiger partial charge in [-0.05, 0) is 61.9 Å². The van der Waals surface area contributed by atoms with Crippen LogP contribution in [-0.4, -0.2) is 45.0 Å². The number of nitrogens with zero attached hydrogens (tertiary/aromatic N) is 5. The number of benzene rings is 2. The summed E-state index contributed by atoms with van der Waals surface area (Å²) in [7, 11) is 3.97. The monoisotopic (exact) mass is 458 g/mol. The van der Waals surface area contributed by atoms with Crippen molar-refractivity contribution in [3.8, 4) is 17.1 Å². The first-order valence-electron chi connectivity index (χ1n) is 10.6. The predicted octanol–water partition coefficient (Wildman–Crippen LogP) is 4.82. The van der Waals surface area contributed by atoms with Crippen molar-refractivity contribution in [2.45, 2.75) is 24.3 Å². The fourth-order valence-electron chi connectivity index (χ4n) is 3.36. The third kappa shape index (κ3) is 5.06. The van der Waals surface area contributed by atoms with E-state index in [-0.39, 0.29) is 11.2 Å². The van der Waals surface area contributed by atoms with Gasteiger partial charge in [0, 0.05) is 43.4 Å². The van der Waals surface area contributed by atoms with Crippen LogP contribution in [0, 0.1) is 6.92 Å². The SMILES string of the molecule is Cc1ccccc1-n1c(SC(C)C(=O)Nc2ccc(N(C)C)cc2)nnc1-c1ccncc1. The van der Waals surface area contributed by atoms with Crippen molar-refractivity contribution in [3.63, 3.8) is 0 Å². The Bertz CT molecular complexity index is 1240. The van der Waals surface area contributed by atoms with Gasteiger partial charge in [-0.3, -0.25) is 14.3 Å². The van der Waals surface area contributed by atoms with Crippen LogP contribution in [0.25, 0.3) is 17.1 Å². The van der Waals surface area contributed by atoms with Gasteiger partial charge in [-0.25, -0.2) is 0 Å². The average molecular weight is 459 g/mol. The minimum absolute atomic E-state index is 0.0950. The second kappa shape index (κ2) is 9.87. The maximum atomic E-state index is 12.9. The van der Waals surface area contributed by atoms with E-state index >= 15 is 0 Å². The summed E-state index contributed by atoms with van der Waals surface area (Å²) in [6.07, 6.45) is 3.47. The van der Waals surface area contributed by atoms with E-state index in [1.54, 1.807) is 12.4 Å². The molecule has 0 aliphatic heterocycles. The summed E-state index contributed by atoms with van der Waals surface area (Å²) in [5.74, 6) is 0.614. The number of rotatable bonds is 7. The minimum Gasteiger partial charge on any atom is -0.378 e. The van der Waals surface area contributed by atoms with E-state index < -0.39 is 0 Å². The zero-order valence-electron chi connectivity index (χ0n) is 19.1. The first-order chi connectivity index (χ1) is 15.9. The fraction of sp³-hybridized carbons (Fsp3) is 0.200. The first kappa shape index (κ1) is 22.5. The normalized spacial score (nSPS) is 11.8. The minimum atomic E-state index is -0.379. The molecule has 0 fully saturated rings. The molecule has 8 heteroatoms. The molecule has 4 rings (SSSR count). The summed E-state index contributed by atoms with van der Waals surface area (Å²) in [5.41, 5.74) is 4.81. The average Bonchev–Trinajstić information content (AvgIpc) is 3.23. The second-order valence-electron chi connectivity index (χ2n) is 7.85. The molecule has 0 radical (unpaired) electrons. The van der Waals surface area contributed by atoms with Crippen molar-refractivity contribution in [1.29, 1.82) is 0 Å². The Hall–Kier alpha value is -3.65. The summed E-state index contributed by atoms with van der Waals surface area (Å²) < 4.78 is 2.00. The van der Waals surface area contributed by atoms with E-state index in [0.29, 0.717) is 11.0 Å². The van der Waals surface area contributed by atoms with Gasteiger partial charge in [-0.15, -0.1) is 10.2 Å². The molecule has 2 heterocycles. The molecule has 7 nitrogen and oxygen atoms in total. The summed E-state index contributed by atoms with van der Waals surface area (Å²) in [6.45, 7) is 3.92. The summed E-state index contributed by atoms with van der Waals surface area (Å²) in [5, 5.41) is 12.2. The number of pyridine rings is 1. The number of nitrogens with one attached hydrogen (secondary N) is 1. The zero-order valence-corrected chi connectivity index (χ0v) is 19.9. The number of carbonyl (C=O) groups is 1. The number of hydrogen-bond donors (Lipinski definition) is 1. The molecule has 2 aromatic heterocycles. The van der Waals surface area contributed by atoms with Crippen LogP contribution in [0.5, 0.6) is 0 Å². The number of hydrogen-bond acceptors (Lipinski definition) is 6. The van der Waals surface area contributed by atoms with Crippen molar-refractivity contribution >= 4 is 29.0 Å². The molecule has 4 aromatic rings. The predicted molar refractivity (Wildman–Crippen MR) is 134 cm³/mol. The molecule has 1 atom stereocenters. The van der Waals surface area contributed by atoms with Crippen LogP contribution in [0.15, 0.2) is 78.2 Å². The van der Waals surface area contributed by atoms with Gasteiger partial charge in [0.05, 0.1) is 10.9 Å². The summed E-state index contributed by atoms with van der Waals surface area (Å²) in [4.78, 5) is 19.0. The highest BCUT2D eigenvalue weighted by molar-refractivity contribution is 8.00. The van der Waals surface area contributed by atoms with Crippen LogP contribution in [-0.2, 0) is 4.79 Å². The Morgan fingerprint density at radius 1 is 1.00 bits per heavy atom. The van der Waals surface area contributed by atoms with E-state index in [4.69, 9.17) is 0 Å². The highest BCUT2D eigenvalue weighted by Gasteiger charge is 2.22. The number of carbonyl (C=O) groups excluding carboxylic acids is 1. The molecule has 168 valence electrons. The smallest absolute Gasteiger partial charge is 0.237 e. The lowest BCUT2D eigenvalue weighted by atomic mass is 10.2. The van der Waals surface area contributed by atoms with E-state index in [1.807, 2.05) is 98.1 Å². The lowest BCUT2D eigenvalue weighted by Crippen LogP contribution is -2.23. The van der Waals surface area contributed by atoms with Crippen LogP contribution in [0.2, 0.25) is 0 Å². The summed E-state index contributed by atoms with van der Waals surface area (Å²) >= 11 is 1.38. The van der Waals surface area contributed by atoms with Gasteiger partial charge in [0.1, 0.15) is 0 Å². The van der Waals surface area contributed by atoms with Crippen molar-refractivity contribution in [2.75, 3.05) is 24.3 Å². The molecule has 0 spiro atoms. The third-order valence-electron chi connectivity index (χ3n) is 5.23. The highest BCUT2D eigenvalue weighted by atomic mass is 32.2.